The molecule has 2 N–H and O–H groups in total. The molecular formula is C16H21N3O5S. The van der Waals surface area contributed by atoms with Crippen LogP contribution in [0.15, 0.2) is 23.2 Å². The number of aromatic nitrogens is 1. The number of rotatable bonds is 5. The van der Waals surface area contributed by atoms with Gasteiger partial charge in [-0.3, -0.25) is 10.1 Å². The fraction of sp³-hybridized carbons (Fsp3) is 0.500. The summed E-state index contributed by atoms with van der Waals surface area (Å²) in [5, 5.41) is 4.49. The minimum absolute atomic E-state index is 0.235. The van der Waals surface area contributed by atoms with Crippen LogP contribution in [-0.4, -0.2) is 46.5 Å². The van der Waals surface area contributed by atoms with E-state index in [1.165, 1.54) is 18.0 Å². The summed E-state index contributed by atoms with van der Waals surface area (Å²) in [5.74, 6) is -0.394. The van der Waals surface area contributed by atoms with Crippen LogP contribution >= 0.6 is 11.8 Å². The molecule has 0 aliphatic carbocycles. The molecule has 2 atom stereocenters. The first kappa shape index (κ1) is 19.0. The molecule has 136 valence electrons. The second kappa shape index (κ2) is 7.73. The zero-order valence-electron chi connectivity index (χ0n) is 14.5. The Morgan fingerprint density at radius 2 is 2.12 bits per heavy atom. The number of carbonyl (C=O) groups is 3. The topological polar surface area (TPSA) is 107 Å². The summed E-state index contributed by atoms with van der Waals surface area (Å²) in [6.07, 6.45) is 0.887. The van der Waals surface area contributed by atoms with Crippen LogP contribution < -0.4 is 10.6 Å². The van der Waals surface area contributed by atoms with Crippen molar-refractivity contribution in [3.8, 4) is 0 Å². The van der Waals surface area contributed by atoms with E-state index in [-0.39, 0.29) is 12.5 Å². The monoisotopic (exact) mass is 367 g/mol. The maximum absolute atomic E-state index is 11.8. The molecule has 1 aliphatic heterocycles. The average Bonchev–Trinajstić information content (AvgIpc) is 2.49. The van der Waals surface area contributed by atoms with Crippen molar-refractivity contribution in [2.24, 2.45) is 0 Å². The quantitative estimate of drug-likeness (QED) is 0.605. The first-order chi connectivity index (χ1) is 11.7. The fourth-order valence-electron chi connectivity index (χ4n) is 2.01. The number of anilines is 1. The molecule has 1 saturated heterocycles. The Hall–Kier alpha value is -2.29. The molecule has 2 amide bonds. The number of ether oxygens (including phenoxy) is 2. The zero-order chi connectivity index (χ0) is 18.6. The van der Waals surface area contributed by atoms with Gasteiger partial charge in [-0.25, -0.2) is 14.6 Å². The van der Waals surface area contributed by atoms with Gasteiger partial charge in [0, 0.05) is 11.1 Å². The van der Waals surface area contributed by atoms with E-state index >= 15 is 0 Å². The first-order valence-corrected chi connectivity index (χ1v) is 8.67. The summed E-state index contributed by atoms with van der Waals surface area (Å²) in [6.45, 7) is 7.24. The van der Waals surface area contributed by atoms with Crippen LogP contribution in [0.1, 0.15) is 27.7 Å². The van der Waals surface area contributed by atoms with Crippen molar-refractivity contribution in [3.05, 3.63) is 18.3 Å². The lowest BCUT2D eigenvalue weighted by Gasteiger charge is -2.34. The molecule has 0 bridgehead atoms. The standard InChI is InChI=1S/C16H21N3O5S/c1-5-23-14(21)11-12(13(20)19-11)25-9-6-7-17-10(8-9)18-15(22)24-16(2,3)4/h6-8,11-12H,5H2,1-4H3,(H,19,20)(H,17,18,22)/t11-,12+/m0/s1. The van der Waals surface area contributed by atoms with Gasteiger partial charge >= 0.3 is 12.1 Å². The van der Waals surface area contributed by atoms with E-state index in [2.05, 4.69) is 15.6 Å². The third-order valence-electron chi connectivity index (χ3n) is 3.02. The third-order valence-corrected chi connectivity index (χ3v) is 4.29. The minimum atomic E-state index is -0.673. The van der Waals surface area contributed by atoms with E-state index in [9.17, 15) is 14.4 Å². The highest BCUT2D eigenvalue weighted by atomic mass is 32.2. The molecule has 8 nitrogen and oxygen atoms in total. The SMILES string of the molecule is CCOC(=O)[C@H]1NC(=O)[C@@H]1Sc1ccnc(NC(=O)OC(C)(C)C)c1. The van der Waals surface area contributed by atoms with Gasteiger partial charge in [-0.1, -0.05) is 0 Å². The Bertz CT molecular complexity index is 674. The Morgan fingerprint density at radius 1 is 1.40 bits per heavy atom. The molecule has 1 aromatic rings. The Kier molecular flexibility index (Phi) is 5.89. The predicted molar refractivity (Wildman–Crippen MR) is 92.3 cm³/mol. The number of nitrogens with zero attached hydrogens (tertiary/aromatic N) is 1. The molecule has 9 heteroatoms. The number of thioether (sulfide) groups is 1. The number of hydrogen-bond acceptors (Lipinski definition) is 7. The van der Waals surface area contributed by atoms with Crippen molar-refractivity contribution >= 4 is 35.5 Å². The van der Waals surface area contributed by atoms with Gasteiger partial charge < -0.3 is 14.8 Å². The Morgan fingerprint density at radius 3 is 2.72 bits per heavy atom. The molecule has 0 spiro atoms. The van der Waals surface area contributed by atoms with E-state index in [1.54, 1.807) is 39.8 Å². The van der Waals surface area contributed by atoms with Crippen LogP contribution in [0.4, 0.5) is 10.6 Å². The lowest BCUT2D eigenvalue weighted by molar-refractivity contribution is -0.152. The van der Waals surface area contributed by atoms with E-state index in [1.807, 2.05) is 0 Å². The lowest BCUT2D eigenvalue weighted by atomic mass is 10.1. The van der Waals surface area contributed by atoms with E-state index < -0.39 is 29.0 Å². The molecule has 1 fully saturated rings. The van der Waals surface area contributed by atoms with Gasteiger partial charge in [0.25, 0.3) is 0 Å². The van der Waals surface area contributed by atoms with Crippen LogP contribution in [-0.2, 0) is 19.1 Å². The number of esters is 1. The highest BCUT2D eigenvalue weighted by Gasteiger charge is 2.45. The van der Waals surface area contributed by atoms with Crippen molar-refractivity contribution in [2.75, 3.05) is 11.9 Å². The largest absolute Gasteiger partial charge is 0.464 e. The van der Waals surface area contributed by atoms with E-state index in [4.69, 9.17) is 9.47 Å². The number of carbonyl (C=O) groups excluding carboxylic acids is 3. The molecule has 0 saturated carbocycles. The van der Waals surface area contributed by atoms with Crippen LogP contribution in [0.2, 0.25) is 0 Å². The second-order valence-corrected chi connectivity index (χ2v) is 7.50. The van der Waals surface area contributed by atoms with E-state index in [0.29, 0.717) is 10.7 Å². The van der Waals surface area contributed by atoms with Crippen LogP contribution in [0.5, 0.6) is 0 Å². The normalized spacial score (nSPS) is 19.4. The third kappa shape index (κ3) is 5.35. The molecule has 2 heterocycles. The summed E-state index contributed by atoms with van der Waals surface area (Å²) in [5.41, 5.74) is -0.618. The number of amides is 2. The molecular weight excluding hydrogens is 346 g/mol. The van der Waals surface area contributed by atoms with E-state index in [0.717, 1.165) is 0 Å². The number of pyridine rings is 1. The molecule has 2 rings (SSSR count). The van der Waals surface area contributed by atoms with Crippen molar-refractivity contribution in [2.45, 2.75) is 49.5 Å². The molecule has 25 heavy (non-hydrogen) atoms. The number of hydrogen-bond donors (Lipinski definition) is 2. The van der Waals surface area contributed by atoms with Gasteiger partial charge in [-0.15, -0.1) is 11.8 Å². The van der Waals surface area contributed by atoms with Crippen molar-refractivity contribution in [1.82, 2.24) is 10.3 Å². The molecule has 1 aliphatic rings. The number of nitrogens with one attached hydrogen (secondary N) is 2. The molecule has 0 unspecified atom stereocenters. The van der Waals surface area contributed by atoms with Gasteiger partial charge in [0.05, 0.1) is 6.61 Å². The van der Waals surface area contributed by atoms with Gasteiger partial charge in [0.15, 0.2) is 0 Å². The van der Waals surface area contributed by atoms with Gasteiger partial charge in [0.2, 0.25) is 5.91 Å². The Balaban J connectivity index is 2.00. The molecule has 1 aromatic heterocycles. The summed E-state index contributed by atoms with van der Waals surface area (Å²) in [7, 11) is 0. The highest BCUT2D eigenvalue weighted by molar-refractivity contribution is 8.00. The van der Waals surface area contributed by atoms with Crippen LogP contribution in [0.3, 0.4) is 0 Å². The fourth-order valence-corrected chi connectivity index (χ4v) is 3.11. The van der Waals surface area contributed by atoms with Gasteiger partial charge in [-0.05, 0) is 39.8 Å². The summed E-state index contributed by atoms with van der Waals surface area (Å²) in [6, 6.07) is 2.63. The summed E-state index contributed by atoms with van der Waals surface area (Å²) < 4.78 is 10.1. The molecule has 0 aromatic carbocycles. The second-order valence-electron chi connectivity index (χ2n) is 6.28. The van der Waals surface area contributed by atoms with Crippen LogP contribution in [0, 0.1) is 0 Å². The van der Waals surface area contributed by atoms with Gasteiger partial charge in [-0.2, -0.15) is 0 Å². The van der Waals surface area contributed by atoms with Crippen molar-refractivity contribution in [1.29, 1.82) is 0 Å². The summed E-state index contributed by atoms with van der Waals surface area (Å²) >= 11 is 1.21. The van der Waals surface area contributed by atoms with Crippen molar-refractivity contribution in [3.63, 3.8) is 0 Å². The van der Waals surface area contributed by atoms with Crippen molar-refractivity contribution < 1.29 is 23.9 Å². The highest BCUT2D eigenvalue weighted by Crippen LogP contribution is 2.31. The summed E-state index contributed by atoms with van der Waals surface area (Å²) in [4.78, 5) is 40.0. The van der Waals surface area contributed by atoms with Crippen LogP contribution in [0.25, 0.3) is 0 Å². The van der Waals surface area contributed by atoms with Gasteiger partial charge in [0.1, 0.15) is 22.7 Å². The average molecular weight is 367 g/mol. The zero-order valence-corrected chi connectivity index (χ0v) is 15.3. The predicted octanol–water partition coefficient (Wildman–Crippen LogP) is 1.95. The molecule has 0 radical (unpaired) electrons. The smallest absolute Gasteiger partial charge is 0.413 e. The number of β-lactam (4-membered cyclic amide) rings is 1. The first-order valence-electron chi connectivity index (χ1n) is 7.79. The Labute approximate surface area is 150 Å². The minimum Gasteiger partial charge on any atom is -0.464 e. The maximum atomic E-state index is 11.8. The maximum Gasteiger partial charge on any atom is 0.413 e. The lowest BCUT2D eigenvalue weighted by Crippen LogP contribution is -2.64.